The van der Waals surface area contributed by atoms with E-state index in [1.54, 1.807) is 0 Å². The van der Waals surface area contributed by atoms with Gasteiger partial charge in [-0.25, -0.2) is 0 Å². The van der Waals surface area contributed by atoms with Crippen LogP contribution >= 0.6 is 23.2 Å². The smallest absolute Gasteiger partial charge is 0.131 e. The van der Waals surface area contributed by atoms with Crippen molar-refractivity contribution in [1.82, 2.24) is 9.78 Å². The molecular weight excluding hydrogens is 293 g/mol. The molecule has 5 heteroatoms. The monoisotopic (exact) mass is 311 g/mol. The van der Waals surface area contributed by atoms with Crippen molar-refractivity contribution in [3.8, 4) is 0 Å². The lowest BCUT2D eigenvalue weighted by molar-refractivity contribution is 0.672. The molecule has 0 bridgehead atoms. The van der Waals surface area contributed by atoms with E-state index in [0.29, 0.717) is 5.88 Å². The molecule has 0 spiro atoms. The molecular formula is C15H19Cl2N3. The zero-order valence-corrected chi connectivity index (χ0v) is 13.7. The first-order valence-corrected chi connectivity index (χ1v) is 7.43. The molecule has 0 radical (unpaired) electrons. The first-order chi connectivity index (χ1) is 9.45. The summed E-state index contributed by atoms with van der Waals surface area (Å²) < 4.78 is 1.88. The van der Waals surface area contributed by atoms with E-state index >= 15 is 0 Å². The van der Waals surface area contributed by atoms with Gasteiger partial charge in [0.25, 0.3) is 0 Å². The van der Waals surface area contributed by atoms with Gasteiger partial charge in [-0.15, -0.1) is 11.6 Å². The van der Waals surface area contributed by atoms with Crippen LogP contribution in [0.3, 0.4) is 0 Å². The maximum atomic E-state index is 6.08. The third kappa shape index (κ3) is 2.79. The Morgan fingerprint density at radius 3 is 2.70 bits per heavy atom. The van der Waals surface area contributed by atoms with Gasteiger partial charge in [0.05, 0.1) is 17.6 Å². The minimum atomic E-state index is 0.186. The number of aromatic nitrogens is 2. The number of rotatable bonds is 4. The fourth-order valence-corrected chi connectivity index (χ4v) is 2.97. The van der Waals surface area contributed by atoms with Gasteiger partial charge in [-0.05, 0) is 31.5 Å². The van der Waals surface area contributed by atoms with E-state index in [-0.39, 0.29) is 6.04 Å². The molecule has 3 nitrogen and oxygen atoms in total. The summed E-state index contributed by atoms with van der Waals surface area (Å²) in [5.41, 5.74) is 3.22. The summed E-state index contributed by atoms with van der Waals surface area (Å²) in [5.74, 6) is 1.51. The van der Waals surface area contributed by atoms with Gasteiger partial charge in [-0.1, -0.05) is 23.7 Å². The van der Waals surface area contributed by atoms with Gasteiger partial charge in [0, 0.05) is 24.7 Å². The molecule has 0 aliphatic rings. The van der Waals surface area contributed by atoms with E-state index in [2.05, 4.69) is 30.0 Å². The van der Waals surface area contributed by atoms with Crippen molar-refractivity contribution in [2.75, 3.05) is 11.9 Å². The van der Waals surface area contributed by atoms with Crippen LogP contribution in [-0.4, -0.2) is 16.8 Å². The molecule has 0 N–H and O–H groups in total. The summed E-state index contributed by atoms with van der Waals surface area (Å²) in [6.07, 6.45) is 0. The second-order valence-electron chi connectivity index (χ2n) is 4.99. The van der Waals surface area contributed by atoms with Crippen molar-refractivity contribution >= 4 is 29.0 Å². The summed E-state index contributed by atoms with van der Waals surface area (Å²) in [6.45, 7) is 4.13. The van der Waals surface area contributed by atoms with Gasteiger partial charge in [0.1, 0.15) is 5.82 Å². The Balaban J connectivity index is 2.38. The highest BCUT2D eigenvalue weighted by atomic mass is 35.5. The Morgan fingerprint density at radius 2 is 2.10 bits per heavy atom. The Morgan fingerprint density at radius 1 is 1.40 bits per heavy atom. The summed E-state index contributed by atoms with van der Waals surface area (Å²) in [4.78, 5) is 2.18. The van der Waals surface area contributed by atoms with Crippen LogP contribution in [0, 0.1) is 6.92 Å². The lowest BCUT2D eigenvalue weighted by atomic mass is 10.1. The third-order valence-corrected chi connectivity index (χ3v) is 4.20. The fraction of sp³-hybridized carbons (Fsp3) is 0.400. The molecule has 20 heavy (non-hydrogen) atoms. The molecule has 2 aromatic rings. The largest absolute Gasteiger partial charge is 0.353 e. The third-order valence-electron chi connectivity index (χ3n) is 3.69. The Labute approximate surface area is 130 Å². The molecule has 1 atom stereocenters. The lowest BCUT2D eigenvalue weighted by Gasteiger charge is -2.28. The van der Waals surface area contributed by atoms with Crippen molar-refractivity contribution in [2.24, 2.45) is 7.05 Å². The minimum absolute atomic E-state index is 0.186. The van der Waals surface area contributed by atoms with Crippen molar-refractivity contribution in [3.63, 3.8) is 0 Å². The molecule has 0 aliphatic carbocycles. The molecule has 1 aromatic carbocycles. The van der Waals surface area contributed by atoms with E-state index in [4.69, 9.17) is 23.2 Å². The highest BCUT2D eigenvalue weighted by molar-refractivity contribution is 6.30. The molecule has 0 saturated carbocycles. The number of alkyl halides is 1. The molecule has 2 rings (SSSR count). The van der Waals surface area contributed by atoms with Crippen molar-refractivity contribution in [1.29, 1.82) is 0 Å². The van der Waals surface area contributed by atoms with Crippen molar-refractivity contribution in [2.45, 2.75) is 25.8 Å². The first kappa shape index (κ1) is 15.2. The van der Waals surface area contributed by atoms with Crippen LogP contribution in [0.4, 0.5) is 5.82 Å². The molecule has 1 unspecified atom stereocenters. The zero-order chi connectivity index (χ0) is 14.9. The minimum Gasteiger partial charge on any atom is -0.353 e. The van der Waals surface area contributed by atoms with Gasteiger partial charge in [0.2, 0.25) is 0 Å². The summed E-state index contributed by atoms with van der Waals surface area (Å²) in [5, 5.41) is 5.21. The second kappa shape index (κ2) is 6.06. The van der Waals surface area contributed by atoms with Crippen LogP contribution in [0.1, 0.15) is 29.8 Å². The first-order valence-electron chi connectivity index (χ1n) is 6.52. The van der Waals surface area contributed by atoms with Crippen LogP contribution in [-0.2, 0) is 12.9 Å². The average Bonchev–Trinajstić information content (AvgIpc) is 2.71. The lowest BCUT2D eigenvalue weighted by Crippen LogP contribution is -2.24. The standard InChI is InChI=1S/C15H19Cl2N3/c1-10-14(9-16)15(20(4)18-10)19(3)11(2)12-6-5-7-13(17)8-12/h5-8,11H,9H2,1-4H3. The van der Waals surface area contributed by atoms with Crippen LogP contribution in [0.5, 0.6) is 0 Å². The number of anilines is 1. The van der Waals surface area contributed by atoms with Crippen molar-refractivity contribution < 1.29 is 0 Å². The number of hydrogen-bond acceptors (Lipinski definition) is 2. The van der Waals surface area contributed by atoms with Gasteiger partial charge in [0.15, 0.2) is 0 Å². The van der Waals surface area contributed by atoms with Crippen LogP contribution in [0.2, 0.25) is 5.02 Å². The van der Waals surface area contributed by atoms with Gasteiger partial charge in [-0.2, -0.15) is 5.10 Å². The number of aryl methyl sites for hydroxylation is 2. The van der Waals surface area contributed by atoms with E-state index < -0.39 is 0 Å². The van der Waals surface area contributed by atoms with E-state index in [1.807, 2.05) is 36.9 Å². The predicted octanol–water partition coefficient (Wildman–Crippen LogP) is 4.32. The molecule has 0 fully saturated rings. The zero-order valence-electron chi connectivity index (χ0n) is 12.2. The Kier molecular flexibility index (Phi) is 4.61. The normalized spacial score (nSPS) is 12.5. The highest BCUT2D eigenvalue weighted by Crippen LogP contribution is 2.31. The predicted molar refractivity (Wildman–Crippen MR) is 85.8 cm³/mol. The summed E-state index contributed by atoms with van der Waals surface area (Å²) in [6, 6.07) is 8.11. The maximum Gasteiger partial charge on any atom is 0.131 e. The molecule has 1 aromatic heterocycles. The molecule has 1 heterocycles. The number of halogens is 2. The summed E-state index contributed by atoms with van der Waals surface area (Å²) >= 11 is 12.1. The molecule has 108 valence electrons. The second-order valence-corrected chi connectivity index (χ2v) is 5.69. The SMILES string of the molecule is Cc1nn(C)c(N(C)C(C)c2cccc(Cl)c2)c1CCl. The quantitative estimate of drug-likeness (QED) is 0.784. The van der Waals surface area contributed by atoms with Crippen LogP contribution in [0.15, 0.2) is 24.3 Å². The Hall–Kier alpha value is -1.19. The van der Waals surface area contributed by atoms with E-state index in [9.17, 15) is 0 Å². The van der Waals surface area contributed by atoms with Crippen molar-refractivity contribution in [3.05, 3.63) is 46.1 Å². The highest BCUT2D eigenvalue weighted by Gasteiger charge is 2.21. The number of benzene rings is 1. The van der Waals surface area contributed by atoms with E-state index in [1.165, 1.54) is 5.56 Å². The van der Waals surface area contributed by atoms with Gasteiger partial charge >= 0.3 is 0 Å². The fourth-order valence-electron chi connectivity index (χ4n) is 2.46. The van der Waals surface area contributed by atoms with E-state index in [0.717, 1.165) is 22.1 Å². The molecule has 0 aliphatic heterocycles. The maximum absolute atomic E-state index is 6.08. The number of nitrogens with zero attached hydrogens (tertiary/aromatic N) is 3. The van der Waals surface area contributed by atoms with Crippen LogP contribution in [0.25, 0.3) is 0 Å². The van der Waals surface area contributed by atoms with Crippen LogP contribution < -0.4 is 4.90 Å². The average molecular weight is 312 g/mol. The molecule has 0 saturated heterocycles. The summed E-state index contributed by atoms with van der Waals surface area (Å²) in [7, 11) is 4.00. The van der Waals surface area contributed by atoms with Gasteiger partial charge < -0.3 is 4.90 Å². The van der Waals surface area contributed by atoms with Gasteiger partial charge in [-0.3, -0.25) is 4.68 Å². The topological polar surface area (TPSA) is 21.1 Å². The number of hydrogen-bond donors (Lipinski definition) is 0. The molecule has 0 amide bonds. The Bertz CT molecular complexity index is 607.